The Morgan fingerprint density at radius 3 is 2.65 bits per heavy atom. The van der Waals surface area contributed by atoms with Gasteiger partial charge in [-0.2, -0.15) is 0 Å². The second-order valence-electron chi connectivity index (χ2n) is 3.35. The second kappa shape index (κ2) is 7.41. The molecule has 92 valence electrons. The molecule has 0 bridgehead atoms. The molecular weight excluding hydrogens is 261 g/mol. The standard InChI is InChI=1S/C12H13Cl2NO2/c1-2-6-15-7-9(16)8-17-12-10(13)4-3-5-11(12)14/h1,3-5,9,15-16H,6-8H2. The second-order valence-corrected chi connectivity index (χ2v) is 4.17. The smallest absolute Gasteiger partial charge is 0.156 e. The third-order valence-corrected chi connectivity index (χ3v) is 2.54. The van der Waals surface area contributed by atoms with E-state index in [-0.39, 0.29) is 6.61 Å². The third-order valence-electron chi connectivity index (χ3n) is 1.95. The molecule has 0 aromatic heterocycles. The highest BCUT2D eigenvalue weighted by molar-refractivity contribution is 6.37. The normalized spacial score (nSPS) is 11.9. The number of nitrogens with one attached hydrogen (secondary N) is 1. The predicted octanol–water partition coefficient (Wildman–Crippen LogP) is 1.96. The van der Waals surface area contributed by atoms with Crippen molar-refractivity contribution in [3.8, 4) is 18.1 Å². The molecule has 0 radical (unpaired) electrons. The van der Waals surface area contributed by atoms with E-state index in [1.54, 1.807) is 18.2 Å². The number of aliphatic hydroxyl groups is 1. The molecule has 0 aliphatic rings. The molecule has 1 aromatic carbocycles. The van der Waals surface area contributed by atoms with Gasteiger partial charge in [0, 0.05) is 6.54 Å². The number of halogens is 2. The zero-order valence-electron chi connectivity index (χ0n) is 9.12. The Morgan fingerprint density at radius 1 is 1.41 bits per heavy atom. The lowest BCUT2D eigenvalue weighted by atomic mass is 10.3. The van der Waals surface area contributed by atoms with Gasteiger partial charge in [-0.15, -0.1) is 6.42 Å². The maximum absolute atomic E-state index is 9.58. The fourth-order valence-electron chi connectivity index (χ4n) is 1.17. The number of aliphatic hydroxyl groups excluding tert-OH is 1. The lowest BCUT2D eigenvalue weighted by molar-refractivity contribution is 0.107. The number of hydrogen-bond acceptors (Lipinski definition) is 3. The molecule has 1 atom stereocenters. The van der Waals surface area contributed by atoms with Gasteiger partial charge in [0.25, 0.3) is 0 Å². The number of hydrogen-bond donors (Lipinski definition) is 2. The van der Waals surface area contributed by atoms with Crippen molar-refractivity contribution in [2.24, 2.45) is 0 Å². The van der Waals surface area contributed by atoms with E-state index >= 15 is 0 Å². The molecular formula is C12H13Cl2NO2. The summed E-state index contributed by atoms with van der Waals surface area (Å²) in [7, 11) is 0. The van der Waals surface area contributed by atoms with Gasteiger partial charge in [0.2, 0.25) is 0 Å². The van der Waals surface area contributed by atoms with Crippen LogP contribution in [0.3, 0.4) is 0 Å². The molecule has 1 unspecified atom stereocenters. The maximum Gasteiger partial charge on any atom is 0.156 e. The predicted molar refractivity (Wildman–Crippen MR) is 69.7 cm³/mol. The van der Waals surface area contributed by atoms with Gasteiger partial charge in [0.05, 0.1) is 16.6 Å². The zero-order valence-corrected chi connectivity index (χ0v) is 10.6. The average molecular weight is 274 g/mol. The lowest BCUT2D eigenvalue weighted by Gasteiger charge is -2.14. The molecule has 2 N–H and O–H groups in total. The molecule has 0 aliphatic carbocycles. The summed E-state index contributed by atoms with van der Waals surface area (Å²) >= 11 is 11.8. The van der Waals surface area contributed by atoms with E-state index in [1.165, 1.54) is 0 Å². The molecule has 3 nitrogen and oxygen atoms in total. The SMILES string of the molecule is C#CCNCC(O)COc1c(Cl)cccc1Cl. The van der Waals surface area contributed by atoms with E-state index in [0.717, 1.165) is 0 Å². The fourth-order valence-corrected chi connectivity index (χ4v) is 1.68. The van der Waals surface area contributed by atoms with Crippen LogP contribution in [-0.4, -0.2) is 30.9 Å². The first-order chi connectivity index (χ1) is 8.15. The maximum atomic E-state index is 9.58. The molecule has 0 heterocycles. The first kappa shape index (κ1) is 14.1. The van der Waals surface area contributed by atoms with Crippen LogP contribution in [0.5, 0.6) is 5.75 Å². The summed E-state index contributed by atoms with van der Waals surface area (Å²) in [6.07, 6.45) is 4.39. The summed E-state index contributed by atoms with van der Waals surface area (Å²) in [6, 6.07) is 5.07. The molecule has 0 spiro atoms. The van der Waals surface area contributed by atoms with Crippen molar-refractivity contribution in [2.45, 2.75) is 6.10 Å². The van der Waals surface area contributed by atoms with E-state index in [1.807, 2.05) is 0 Å². The Labute approximate surface area is 111 Å². The van der Waals surface area contributed by atoms with Crippen molar-refractivity contribution in [1.82, 2.24) is 5.32 Å². The van der Waals surface area contributed by atoms with Gasteiger partial charge in [0.1, 0.15) is 12.7 Å². The van der Waals surface area contributed by atoms with Gasteiger partial charge in [0.15, 0.2) is 5.75 Å². The van der Waals surface area contributed by atoms with Crippen molar-refractivity contribution >= 4 is 23.2 Å². The molecule has 17 heavy (non-hydrogen) atoms. The van der Waals surface area contributed by atoms with Crippen molar-refractivity contribution in [1.29, 1.82) is 0 Å². The molecule has 0 amide bonds. The number of benzene rings is 1. The summed E-state index contributed by atoms with van der Waals surface area (Å²) in [5.41, 5.74) is 0. The Bertz CT molecular complexity index is 384. The highest BCUT2D eigenvalue weighted by Crippen LogP contribution is 2.32. The van der Waals surface area contributed by atoms with Crippen molar-refractivity contribution in [3.05, 3.63) is 28.2 Å². The summed E-state index contributed by atoms with van der Waals surface area (Å²) < 4.78 is 5.35. The van der Waals surface area contributed by atoms with Crippen LogP contribution in [0.4, 0.5) is 0 Å². The Kier molecular flexibility index (Phi) is 6.17. The summed E-state index contributed by atoms with van der Waals surface area (Å²) in [5, 5.41) is 13.3. The topological polar surface area (TPSA) is 41.5 Å². The van der Waals surface area contributed by atoms with Crippen molar-refractivity contribution < 1.29 is 9.84 Å². The summed E-state index contributed by atoms with van der Waals surface area (Å²) in [4.78, 5) is 0. The number of para-hydroxylation sites is 1. The summed E-state index contributed by atoms with van der Waals surface area (Å²) in [6.45, 7) is 0.858. The van der Waals surface area contributed by atoms with Crippen LogP contribution < -0.4 is 10.1 Å². The van der Waals surface area contributed by atoms with Crippen LogP contribution in [0, 0.1) is 12.3 Å². The van der Waals surface area contributed by atoms with E-state index in [9.17, 15) is 5.11 Å². The van der Waals surface area contributed by atoms with Crippen molar-refractivity contribution in [3.63, 3.8) is 0 Å². The van der Waals surface area contributed by atoms with E-state index in [0.29, 0.717) is 28.9 Å². The molecule has 5 heteroatoms. The third kappa shape index (κ3) is 4.84. The first-order valence-electron chi connectivity index (χ1n) is 5.04. The van der Waals surface area contributed by atoms with Gasteiger partial charge >= 0.3 is 0 Å². The number of rotatable bonds is 6. The molecule has 0 saturated heterocycles. The largest absolute Gasteiger partial charge is 0.488 e. The van der Waals surface area contributed by atoms with E-state index in [4.69, 9.17) is 34.4 Å². The van der Waals surface area contributed by atoms with Crippen LogP contribution in [0.2, 0.25) is 10.0 Å². The minimum atomic E-state index is -0.671. The molecule has 1 rings (SSSR count). The lowest BCUT2D eigenvalue weighted by Crippen LogP contribution is -2.31. The van der Waals surface area contributed by atoms with E-state index < -0.39 is 6.10 Å². The van der Waals surface area contributed by atoms with Gasteiger partial charge < -0.3 is 15.2 Å². The van der Waals surface area contributed by atoms with Crippen LogP contribution in [0.1, 0.15) is 0 Å². The highest BCUT2D eigenvalue weighted by atomic mass is 35.5. The van der Waals surface area contributed by atoms with Crippen LogP contribution in [0.15, 0.2) is 18.2 Å². The van der Waals surface area contributed by atoms with E-state index in [2.05, 4.69) is 11.2 Å². The van der Waals surface area contributed by atoms with Gasteiger partial charge in [-0.05, 0) is 12.1 Å². The van der Waals surface area contributed by atoms with Crippen molar-refractivity contribution in [2.75, 3.05) is 19.7 Å². The van der Waals surface area contributed by atoms with Crippen LogP contribution in [0.25, 0.3) is 0 Å². The zero-order chi connectivity index (χ0) is 12.7. The Balaban J connectivity index is 2.42. The van der Waals surface area contributed by atoms with Crippen LogP contribution >= 0.6 is 23.2 Å². The minimum absolute atomic E-state index is 0.0982. The number of ether oxygens (including phenoxy) is 1. The Hall–Kier alpha value is -0.920. The van der Waals surface area contributed by atoms with Gasteiger partial charge in [-0.25, -0.2) is 0 Å². The average Bonchev–Trinajstić information content (AvgIpc) is 2.29. The van der Waals surface area contributed by atoms with Crippen LogP contribution in [-0.2, 0) is 0 Å². The molecule has 0 aliphatic heterocycles. The monoisotopic (exact) mass is 273 g/mol. The van der Waals surface area contributed by atoms with Gasteiger partial charge in [-0.1, -0.05) is 35.2 Å². The molecule has 1 aromatic rings. The van der Waals surface area contributed by atoms with Gasteiger partial charge in [-0.3, -0.25) is 0 Å². The molecule has 0 fully saturated rings. The quantitative estimate of drug-likeness (QED) is 0.615. The fraction of sp³-hybridized carbons (Fsp3) is 0.333. The summed E-state index contributed by atoms with van der Waals surface area (Å²) in [5.74, 6) is 2.79. The Morgan fingerprint density at radius 2 is 2.06 bits per heavy atom. The minimum Gasteiger partial charge on any atom is -0.488 e. The number of terminal acetylenes is 1. The molecule has 0 saturated carbocycles. The highest BCUT2D eigenvalue weighted by Gasteiger charge is 2.09. The first-order valence-corrected chi connectivity index (χ1v) is 5.79.